The van der Waals surface area contributed by atoms with Gasteiger partial charge in [0, 0.05) is 32.4 Å². The second kappa shape index (κ2) is 6.96. The highest BCUT2D eigenvalue weighted by atomic mass is 19.1. The Hall–Kier alpha value is -2.72. The molecule has 4 N–H and O–H groups in total. The molecule has 0 unspecified atom stereocenters. The molecule has 4 rings (SSSR count). The molecule has 1 aliphatic carbocycles. The van der Waals surface area contributed by atoms with E-state index in [9.17, 15) is 14.7 Å². The lowest BCUT2D eigenvalue weighted by molar-refractivity contribution is 0.0694. The van der Waals surface area contributed by atoms with E-state index in [1.54, 1.807) is 7.05 Å². The van der Waals surface area contributed by atoms with Crippen LogP contribution < -0.4 is 21.4 Å². The van der Waals surface area contributed by atoms with Crippen molar-refractivity contribution in [3.63, 3.8) is 0 Å². The number of aromatic carboxylic acids is 1. The monoisotopic (exact) mass is 408 g/mol. The first-order chi connectivity index (χ1) is 13.8. The summed E-state index contributed by atoms with van der Waals surface area (Å²) in [5.41, 5.74) is 3.36. The summed E-state index contributed by atoms with van der Waals surface area (Å²) in [6.45, 7) is 0.524. The van der Waals surface area contributed by atoms with Crippen LogP contribution in [0.2, 0.25) is 0 Å². The van der Waals surface area contributed by atoms with Crippen molar-refractivity contribution in [3.05, 3.63) is 33.6 Å². The van der Waals surface area contributed by atoms with Gasteiger partial charge in [0.05, 0.1) is 28.7 Å². The smallest absolute Gasteiger partial charge is 0.341 e. The zero-order valence-electron chi connectivity index (χ0n) is 16.0. The number of carboxylic acid groups (broad SMARTS) is 1. The minimum atomic E-state index is -1.46. The Morgan fingerprint density at radius 3 is 2.52 bits per heavy atom. The molecule has 1 aliphatic heterocycles. The van der Waals surface area contributed by atoms with Gasteiger partial charge >= 0.3 is 5.97 Å². The number of nitrogens with zero attached hydrogens (tertiary/aromatic N) is 2. The van der Waals surface area contributed by atoms with Gasteiger partial charge in [0.25, 0.3) is 0 Å². The van der Waals surface area contributed by atoms with E-state index < -0.39 is 39.7 Å². The van der Waals surface area contributed by atoms with Gasteiger partial charge in [-0.3, -0.25) is 4.79 Å². The molecule has 8 nitrogen and oxygen atoms in total. The van der Waals surface area contributed by atoms with Crippen molar-refractivity contribution in [2.75, 3.05) is 37.9 Å². The second-order valence-corrected chi connectivity index (χ2v) is 7.50. The van der Waals surface area contributed by atoms with Crippen molar-refractivity contribution in [1.29, 1.82) is 0 Å². The Bertz CT molecular complexity index is 1050. The average molecular weight is 408 g/mol. The highest BCUT2D eigenvalue weighted by Crippen LogP contribution is 2.42. The Morgan fingerprint density at radius 1 is 1.31 bits per heavy atom. The van der Waals surface area contributed by atoms with Crippen LogP contribution in [-0.2, 0) is 4.74 Å². The van der Waals surface area contributed by atoms with Crippen LogP contribution in [0.5, 0.6) is 0 Å². The number of nitrogens with two attached hydrogens (primary N) is 1. The number of fused-ring (bicyclic) bond motifs is 1. The third-order valence-electron chi connectivity index (χ3n) is 5.79. The molecule has 2 aliphatic rings. The molecule has 2 fully saturated rings. The molecule has 0 radical (unpaired) electrons. The number of pyridine rings is 1. The lowest BCUT2D eigenvalue weighted by atomic mass is 10.1. The zero-order valence-corrected chi connectivity index (χ0v) is 16.0. The van der Waals surface area contributed by atoms with Crippen molar-refractivity contribution < 1.29 is 23.4 Å². The van der Waals surface area contributed by atoms with Gasteiger partial charge in [-0.05, 0) is 19.9 Å². The lowest BCUT2D eigenvalue weighted by Gasteiger charge is -2.23. The SMILES string of the molecule is CN[C@H]1CN(c2c(F)c(N)c3c(=O)c(C(=O)O)cn(C4CC4)c3c2F)C[C@H]1OC. The number of benzene rings is 1. The summed E-state index contributed by atoms with van der Waals surface area (Å²) in [5.74, 6) is -3.45. The van der Waals surface area contributed by atoms with Gasteiger partial charge in [-0.1, -0.05) is 0 Å². The highest BCUT2D eigenvalue weighted by molar-refractivity contribution is 5.99. The van der Waals surface area contributed by atoms with Gasteiger partial charge in [-0.15, -0.1) is 0 Å². The molecule has 2 atom stereocenters. The Kier molecular flexibility index (Phi) is 4.70. The number of carbonyl (C=O) groups is 1. The van der Waals surface area contributed by atoms with Crippen LogP contribution in [-0.4, -0.2) is 55.0 Å². The number of nitrogen functional groups attached to an aromatic ring is 1. The summed E-state index contributed by atoms with van der Waals surface area (Å²) in [6, 6.07) is -0.297. The van der Waals surface area contributed by atoms with E-state index >= 15 is 8.78 Å². The third-order valence-corrected chi connectivity index (χ3v) is 5.79. The van der Waals surface area contributed by atoms with Gasteiger partial charge in [0.2, 0.25) is 5.43 Å². The molecule has 156 valence electrons. The van der Waals surface area contributed by atoms with E-state index in [0.717, 1.165) is 6.20 Å². The average Bonchev–Trinajstić information content (AvgIpc) is 3.45. The van der Waals surface area contributed by atoms with Crippen LogP contribution in [0, 0.1) is 11.6 Å². The van der Waals surface area contributed by atoms with E-state index in [0.29, 0.717) is 12.8 Å². The molecule has 1 aromatic heterocycles. The van der Waals surface area contributed by atoms with Gasteiger partial charge in [0.1, 0.15) is 11.3 Å². The van der Waals surface area contributed by atoms with Gasteiger partial charge in [0.15, 0.2) is 11.6 Å². The number of anilines is 2. The van der Waals surface area contributed by atoms with Crippen molar-refractivity contribution in [1.82, 2.24) is 9.88 Å². The number of ether oxygens (including phenoxy) is 1. The maximum atomic E-state index is 15.7. The van der Waals surface area contributed by atoms with Crippen molar-refractivity contribution in [2.45, 2.75) is 31.0 Å². The van der Waals surface area contributed by atoms with E-state index in [2.05, 4.69) is 5.32 Å². The molecule has 0 bridgehead atoms. The first kappa shape index (κ1) is 19.6. The number of carboxylic acids is 1. The Morgan fingerprint density at radius 2 is 2.00 bits per heavy atom. The molecule has 0 spiro atoms. The van der Waals surface area contributed by atoms with Crippen LogP contribution in [0.4, 0.5) is 20.2 Å². The maximum absolute atomic E-state index is 15.7. The largest absolute Gasteiger partial charge is 0.477 e. The number of halogens is 2. The molecule has 0 amide bonds. The molecular formula is C19H22F2N4O4. The van der Waals surface area contributed by atoms with Crippen LogP contribution in [0.3, 0.4) is 0 Å². The van der Waals surface area contributed by atoms with Gasteiger partial charge < -0.3 is 30.4 Å². The Labute approximate surface area is 164 Å². The molecule has 2 heterocycles. The number of hydrogen-bond acceptors (Lipinski definition) is 6. The van der Waals surface area contributed by atoms with Crippen LogP contribution >= 0.6 is 0 Å². The van der Waals surface area contributed by atoms with E-state index in [1.165, 1.54) is 16.6 Å². The fraction of sp³-hybridized carbons (Fsp3) is 0.474. The summed E-state index contributed by atoms with van der Waals surface area (Å²) in [5, 5.41) is 12.0. The minimum Gasteiger partial charge on any atom is -0.477 e. The topological polar surface area (TPSA) is 110 Å². The highest BCUT2D eigenvalue weighted by Gasteiger charge is 2.37. The van der Waals surface area contributed by atoms with E-state index in [-0.39, 0.29) is 42.5 Å². The number of aromatic nitrogens is 1. The molecule has 1 saturated heterocycles. The fourth-order valence-corrected chi connectivity index (χ4v) is 4.10. The summed E-state index contributed by atoms with van der Waals surface area (Å²) >= 11 is 0. The number of methoxy groups -OCH3 is 1. The Balaban J connectivity index is 2.00. The third kappa shape index (κ3) is 2.94. The molecule has 29 heavy (non-hydrogen) atoms. The zero-order chi connectivity index (χ0) is 21.0. The van der Waals surface area contributed by atoms with E-state index in [1.807, 2.05) is 0 Å². The van der Waals surface area contributed by atoms with Gasteiger partial charge in [-0.25, -0.2) is 13.6 Å². The molecule has 1 aromatic carbocycles. The normalized spacial score (nSPS) is 21.9. The standard InChI is InChI=1S/C19H22F2N4O4/c1-23-10-6-24(7-11(10)29-2)17-13(20)15(22)12-16(14(17)21)25(8-3-4-8)5-9(18(12)26)19(27)28/h5,8,10-11,23H,3-4,6-7,22H2,1-2H3,(H,27,28)/t10-,11+/m0/s1. The van der Waals surface area contributed by atoms with Gasteiger partial charge in [-0.2, -0.15) is 0 Å². The number of rotatable bonds is 5. The summed E-state index contributed by atoms with van der Waals surface area (Å²) < 4.78 is 37.7. The summed E-state index contributed by atoms with van der Waals surface area (Å²) in [4.78, 5) is 25.7. The molecule has 2 aromatic rings. The number of hydrogen-bond donors (Lipinski definition) is 3. The van der Waals surface area contributed by atoms with Crippen molar-refractivity contribution >= 4 is 28.2 Å². The van der Waals surface area contributed by atoms with Crippen LogP contribution in [0.15, 0.2) is 11.0 Å². The number of nitrogens with one attached hydrogen (secondary N) is 1. The first-order valence-electron chi connectivity index (χ1n) is 9.33. The minimum absolute atomic E-state index is 0.143. The quantitative estimate of drug-likeness (QED) is 0.640. The maximum Gasteiger partial charge on any atom is 0.341 e. The molecular weight excluding hydrogens is 386 g/mol. The predicted molar refractivity (Wildman–Crippen MR) is 104 cm³/mol. The summed E-state index contributed by atoms with van der Waals surface area (Å²) in [7, 11) is 3.26. The summed E-state index contributed by atoms with van der Waals surface area (Å²) in [6.07, 6.45) is 2.27. The fourth-order valence-electron chi connectivity index (χ4n) is 4.10. The second-order valence-electron chi connectivity index (χ2n) is 7.50. The van der Waals surface area contributed by atoms with Crippen molar-refractivity contribution in [3.8, 4) is 0 Å². The van der Waals surface area contributed by atoms with Crippen LogP contribution in [0.1, 0.15) is 29.2 Å². The van der Waals surface area contributed by atoms with Crippen LogP contribution in [0.25, 0.3) is 10.9 Å². The van der Waals surface area contributed by atoms with E-state index in [4.69, 9.17) is 10.5 Å². The first-order valence-corrected chi connectivity index (χ1v) is 9.33. The molecule has 1 saturated carbocycles. The van der Waals surface area contributed by atoms with Crippen molar-refractivity contribution in [2.24, 2.45) is 0 Å². The lowest BCUT2D eigenvalue weighted by Crippen LogP contribution is -2.37. The predicted octanol–water partition coefficient (Wildman–Crippen LogP) is 1.32. The molecule has 10 heteroatoms. The number of likely N-dealkylation sites (N-methyl/N-ethyl adjacent to an activating group) is 1.